The molecule has 6 nitrogen and oxygen atoms in total. The summed E-state index contributed by atoms with van der Waals surface area (Å²) in [6.07, 6.45) is 2.00. The third kappa shape index (κ3) is 2.73. The van der Waals surface area contributed by atoms with Crippen molar-refractivity contribution in [2.75, 3.05) is 6.54 Å². The normalized spacial score (nSPS) is 17.8. The van der Waals surface area contributed by atoms with Crippen molar-refractivity contribution < 1.29 is 4.79 Å². The molecule has 3 rings (SSSR count). The molecule has 0 N–H and O–H groups in total. The van der Waals surface area contributed by atoms with Crippen LogP contribution in [0.5, 0.6) is 0 Å². The number of nitrogens with zero attached hydrogens (tertiary/aromatic N) is 5. The van der Waals surface area contributed by atoms with Crippen LogP contribution in [-0.4, -0.2) is 36.9 Å². The van der Waals surface area contributed by atoms with Crippen molar-refractivity contribution in [3.63, 3.8) is 0 Å². The van der Waals surface area contributed by atoms with Gasteiger partial charge in [-0.15, -0.1) is 0 Å². The van der Waals surface area contributed by atoms with Gasteiger partial charge in [0.25, 0.3) is 0 Å². The lowest BCUT2D eigenvalue weighted by Gasteiger charge is -2.25. The zero-order valence-corrected chi connectivity index (χ0v) is 15.7. The van der Waals surface area contributed by atoms with Crippen LogP contribution in [0.1, 0.15) is 47.2 Å². The Morgan fingerprint density at radius 1 is 1.17 bits per heavy atom. The summed E-state index contributed by atoms with van der Waals surface area (Å²) >= 11 is 6.19. The monoisotopic (exact) mass is 349 g/mol. The second-order valence-electron chi connectivity index (χ2n) is 6.60. The smallest absolute Gasteiger partial charge is 0.244 e. The van der Waals surface area contributed by atoms with E-state index < -0.39 is 0 Å². The van der Waals surface area contributed by atoms with Gasteiger partial charge in [0.2, 0.25) is 5.91 Å². The van der Waals surface area contributed by atoms with Crippen LogP contribution in [0.3, 0.4) is 0 Å². The summed E-state index contributed by atoms with van der Waals surface area (Å²) < 4.78 is 3.60. The lowest BCUT2D eigenvalue weighted by Crippen LogP contribution is -2.34. The number of rotatable bonds is 3. The Labute approximate surface area is 147 Å². The van der Waals surface area contributed by atoms with Crippen molar-refractivity contribution in [3.8, 4) is 0 Å². The molecule has 1 fully saturated rings. The lowest BCUT2D eigenvalue weighted by molar-refractivity contribution is -0.133. The molecule has 130 valence electrons. The summed E-state index contributed by atoms with van der Waals surface area (Å²) in [5.41, 5.74) is 4.93. The summed E-state index contributed by atoms with van der Waals surface area (Å²) in [6.45, 7) is 8.85. The molecule has 2 aromatic heterocycles. The molecule has 1 aliphatic heterocycles. The molecule has 24 heavy (non-hydrogen) atoms. The standard InChI is InChI=1S/C17H24ClN5O/c1-10-16(12(3)21(5)19-10)14-7-6-8-22(14)15(24)9-23-13(4)17(18)11(2)20-23/h14H,6-9H2,1-5H3/t14-/m0/s1. The van der Waals surface area contributed by atoms with Gasteiger partial charge in [-0.3, -0.25) is 14.2 Å². The molecule has 1 atom stereocenters. The average Bonchev–Trinajstić information content (AvgIpc) is 3.15. The number of aryl methyl sites for hydroxylation is 3. The highest BCUT2D eigenvalue weighted by Crippen LogP contribution is 2.35. The maximum absolute atomic E-state index is 12.9. The van der Waals surface area contributed by atoms with Gasteiger partial charge in [-0.05, 0) is 40.5 Å². The molecular formula is C17H24ClN5O. The van der Waals surface area contributed by atoms with Crippen LogP contribution in [0, 0.1) is 27.7 Å². The van der Waals surface area contributed by atoms with Crippen molar-refractivity contribution in [3.05, 3.63) is 33.4 Å². The molecule has 0 radical (unpaired) electrons. The van der Waals surface area contributed by atoms with Crippen LogP contribution >= 0.6 is 11.6 Å². The van der Waals surface area contributed by atoms with Gasteiger partial charge in [-0.25, -0.2) is 0 Å². The third-order valence-electron chi connectivity index (χ3n) is 5.05. The second-order valence-corrected chi connectivity index (χ2v) is 6.97. The number of hydrogen-bond acceptors (Lipinski definition) is 3. The van der Waals surface area contributed by atoms with E-state index in [0.717, 1.165) is 42.2 Å². The van der Waals surface area contributed by atoms with Crippen LogP contribution in [0.25, 0.3) is 0 Å². The summed E-state index contributed by atoms with van der Waals surface area (Å²) in [7, 11) is 1.95. The molecule has 1 aliphatic rings. The van der Waals surface area contributed by atoms with Crippen LogP contribution in [-0.2, 0) is 18.4 Å². The Bertz CT molecular complexity index is 791. The van der Waals surface area contributed by atoms with Gasteiger partial charge >= 0.3 is 0 Å². The van der Waals surface area contributed by atoms with Crippen LogP contribution in [0.2, 0.25) is 5.02 Å². The zero-order valence-electron chi connectivity index (χ0n) is 14.9. The fraction of sp³-hybridized carbons (Fsp3) is 0.588. The minimum Gasteiger partial charge on any atom is -0.334 e. The van der Waals surface area contributed by atoms with Gasteiger partial charge < -0.3 is 4.90 Å². The van der Waals surface area contributed by atoms with Crippen LogP contribution < -0.4 is 0 Å². The molecule has 3 heterocycles. The number of hydrogen-bond donors (Lipinski definition) is 0. The first-order valence-corrected chi connectivity index (χ1v) is 8.68. The molecular weight excluding hydrogens is 326 g/mol. The fourth-order valence-corrected chi connectivity index (χ4v) is 3.82. The minimum absolute atomic E-state index is 0.0856. The maximum atomic E-state index is 12.9. The molecule has 0 saturated carbocycles. The molecule has 1 amide bonds. The SMILES string of the molecule is Cc1nn(CC(=O)N2CCC[C@H]2c2c(C)nn(C)c2C)c(C)c1Cl. The van der Waals surface area contributed by atoms with E-state index in [1.54, 1.807) is 4.68 Å². The van der Waals surface area contributed by atoms with E-state index in [1.165, 1.54) is 5.56 Å². The number of aromatic nitrogens is 4. The van der Waals surface area contributed by atoms with E-state index in [4.69, 9.17) is 11.6 Å². The number of carbonyl (C=O) groups excluding carboxylic acids is 1. The number of likely N-dealkylation sites (tertiary alicyclic amines) is 1. The second kappa shape index (κ2) is 6.24. The van der Waals surface area contributed by atoms with Crippen molar-refractivity contribution in [1.82, 2.24) is 24.5 Å². The van der Waals surface area contributed by atoms with Crippen LogP contribution in [0.15, 0.2) is 0 Å². The molecule has 0 bridgehead atoms. The van der Waals surface area contributed by atoms with Gasteiger partial charge in [0.15, 0.2) is 0 Å². The van der Waals surface area contributed by atoms with Gasteiger partial charge in [0.05, 0.1) is 28.1 Å². The Hall–Kier alpha value is -1.82. The summed E-state index contributed by atoms with van der Waals surface area (Å²) in [5, 5.41) is 9.52. The van der Waals surface area contributed by atoms with E-state index >= 15 is 0 Å². The Morgan fingerprint density at radius 2 is 1.88 bits per heavy atom. The molecule has 0 spiro atoms. The number of carbonyl (C=O) groups is 1. The van der Waals surface area contributed by atoms with Gasteiger partial charge in [0, 0.05) is 24.8 Å². The van der Waals surface area contributed by atoms with Crippen molar-refractivity contribution >= 4 is 17.5 Å². The topological polar surface area (TPSA) is 56.0 Å². The number of halogens is 1. The predicted molar refractivity (Wildman–Crippen MR) is 93.1 cm³/mol. The minimum atomic E-state index is 0.0856. The first-order chi connectivity index (χ1) is 11.3. The van der Waals surface area contributed by atoms with E-state index in [-0.39, 0.29) is 18.5 Å². The van der Waals surface area contributed by atoms with Gasteiger partial charge in [-0.1, -0.05) is 11.6 Å². The third-order valence-corrected chi connectivity index (χ3v) is 5.60. The Morgan fingerprint density at radius 3 is 2.42 bits per heavy atom. The summed E-state index contributed by atoms with van der Waals surface area (Å²) in [4.78, 5) is 14.9. The predicted octanol–water partition coefficient (Wildman–Crippen LogP) is 2.87. The largest absolute Gasteiger partial charge is 0.334 e. The van der Waals surface area contributed by atoms with Crippen molar-refractivity contribution in [2.45, 2.75) is 53.1 Å². The maximum Gasteiger partial charge on any atom is 0.244 e. The molecule has 2 aromatic rings. The van der Waals surface area contributed by atoms with E-state index in [9.17, 15) is 4.79 Å². The average molecular weight is 350 g/mol. The van der Waals surface area contributed by atoms with Crippen molar-refractivity contribution in [2.24, 2.45) is 7.05 Å². The zero-order chi connectivity index (χ0) is 17.6. The van der Waals surface area contributed by atoms with E-state index in [0.29, 0.717) is 5.02 Å². The molecule has 0 aromatic carbocycles. The molecule has 7 heteroatoms. The van der Waals surface area contributed by atoms with Gasteiger partial charge in [0.1, 0.15) is 6.54 Å². The highest BCUT2D eigenvalue weighted by atomic mass is 35.5. The molecule has 0 unspecified atom stereocenters. The van der Waals surface area contributed by atoms with E-state index in [1.807, 2.05) is 37.4 Å². The first kappa shape index (κ1) is 17.0. The fourth-order valence-electron chi connectivity index (χ4n) is 3.69. The highest BCUT2D eigenvalue weighted by molar-refractivity contribution is 6.31. The molecule has 1 saturated heterocycles. The highest BCUT2D eigenvalue weighted by Gasteiger charge is 2.33. The quantitative estimate of drug-likeness (QED) is 0.856. The summed E-state index contributed by atoms with van der Waals surface area (Å²) in [5.74, 6) is 0.0856. The van der Waals surface area contributed by atoms with E-state index in [2.05, 4.69) is 17.1 Å². The molecule has 0 aliphatic carbocycles. The number of amides is 1. The Kier molecular flexibility index (Phi) is 4.42. The van der Waals surface area contributed by atoms with Gasteiger partial charge in [-0.2, -0.15) is 10.2 Å². The lowest BCUT2D eigenvalue weighted by atomic mass is 10.0. The summed E-state index contributed by atoms with van der Waals surface area (Å²) in [6, 6.07) is 0.110. The Balaban J connectivity index is 1.85. The van der Waals surface area contributed by atoms with Crippen molar-refractivity contribution in [1.29, 1.82) is 0 Å². The van der Waals surface area contributed by atoms with Crippen LogP contribution in [0.4, 0.5) is 0 Å². The first-order valence-electron chi connectivity index (χ1n) is 8.30.